The summed E-state index contributed by atoms with van der Waals surface area (Å²) in [5.41, 5.74) is 1.93. The van der Waals surface area contributed by atoms with Gasteiger partial charge in [0.15, 0.2) is 0 Å². The molecule has 0 aliphatic carbocycles. The molecule has 1 aromatic carbocycles. The molecule has 1 aromatic heterocycles. The molecule has 0 bridgehead atoms. The summed E-state index contributed by atoms with van der Waals surface area (Å²) < 4.78 is 7.21. The number of morpholine rings is 1. The zero-order chi connectivity index (χ0) is 13.9. The third-order valence-electron chi connectivity index (χ3n) is 3.67. The van der Waals surface area contributed by atoms with Crippen LogP contribution in [-0.4, -0.2) is 41.4 Å². The van der Waals surface area contributed by atoms with Gasteiger partial charge in [-0.25, -0.2) is 0 Å². The first-order valence-corrected chi connectivity index (χ1v) is 6.97. The molecule has 2 heterocycles. The van der Waals surface area contributed by atoms with Crippen molar-refractivity contribution < 1.29 is 9.53 Å². The number of ether oxygens (including phenoxy) is 1. The summed E-state index contributed by atoms with van der Waals surface area (Å²) in [6, 6.07) is 8.15. The lowest BCUT2D eigenvalue weighted by atomic mass is 10.0. The van der Waals surface area contributed by atoms with Crippen molar-refractivity contribution in [1.82, 2.24) is 15.1 Å². The minimum atomic E-state index is 0.145. The number of para-hydroxylation sites is 1. The minimum absolute atomic E-state index is 0.145. The Hall–Kier alpha value is -1.72. The predicted octanol–water partition coefficient (Wildman–Crippen LogP) is 1.06. The number of hydrogen-bond acceptors (Lipinski definition) is 4. The molecule has 2 aromatic rings. The van der Waals surface area contributed by atoms with Crippen molar-refractivity contribution >= 4 is 16.7 Å². The third kappa shape index (κ3) is 2.73. The third-order valence-corrected chi connectivity index (χ3v) is 3.67. The Morgan fingerprint density at radius 3 is 3.15 bits per heavy atom. The number of Topliss-reactive ketones (excluding diaryl/α,β-unsaturated/α-hetero) is 1. The first-order chi connectivity index (χ1) is 9.74. The average Bonchev–Trinajstić information content (AvgIpc) is 2.77. The number of nitrogens with one attached hydrogen (secondary N) is 1. The molecule has 0 spiro atoms. The maximum atomic E-state index is 12.2. The van der Waals surface area contributed by atoms with E-state index in [1.165, 1.54) is 0 Å². The summed E-state index contributed by atoms with van der Waals surface area (Å²) in [6.45, 7) is 2.18. The number of nitrogens with zero attached hydrogens (tertiary/aromatic N) is 2. The number of hydrogen-bond donors (Lipinski definition) is 1. The first-order valence-electron chi connectivity index (χ1n) is 6.97. The predicted molar refractivity (Wildman–Crippen MR) is 76.7 cm³/mol. The number of benzene rings is 1. The van der Waals surface area contributed by atoms with E-state index in [0.717, 1.165) is 29.7 Å². The van der Waals surface area contributed by atoms with Crippen LogP contribution in [0.5, 0.6) is 0 Å². The number of fused-ring (bicyclic) bond motifs is 1. The quantitative estimate of drug-likeness (QED) is 0.905. The van der Waals surface area contributed by atoms with Crippen LogP contribution in [0.2, 0.25) is 0 Å². The van der Waals surface area contributed by atoms with Crippen LogP contribution >= 0.6 is 0 Å². The molecule has 20 heavy (non-hydrogen) atoms. The molecule has 1 saturated heterocycles. The number of carbonyl (C=O) groups excluding carboxylic acids is 1. The molecule has 1 N–H and O–H groups in total. The summed E-state index contributed by atoms with van der Waals surface area (Å²) in [6.07, 6.45) is 0.893. The van der Waals surface area contributed by atoms with Crippen LogP contribution < -0.4 is 5.32 Å². The number of rotatable bonds is 4. The van der Waals surface area contributed by atoms with E-state index >= 15 is 0 Å². The van der Waals surface area contributed by atoms with Gasteiger partial charge in [0.1, 0.15) is 5.78 Å². The van der Waals surface area contributed by atoms with Gasteiger partial charge in [-0.2, -0.15) is 5.10 Å². The maximum Gasteiger partial charge on any atom is 0.140 e. The number of carbonyl (C=O) groups is 1. The van der Waals surface area contributed by atoms with Gasteiger partial charge in [0, 0.05) is 31.4 Å². The van der Waals surface area contributed by atoms with E-state index in [9.17, 15) is 4.79 Å². The fraction of sp³-hybridized carbons (Fsp3) is 0.467. The standard InChI is InChI=1S/C15H19N3O2/c1-18-15-5-3-2-4-13(15)14(17-18)9-12(19)8-11-10-20-7-6-16-11/h2-5,11,16H,6-10H2,1H3. The Morgan fingerprint density at radius 2 is 2.35 bits per heavy atom. The highest BCUT2D eigenvalue weighted by Gasteiger charge is 2.19. The Balaban J connectivity index is 1.71. The molecule has 0 amide bonds. The van der Waals surface area contributed by atoms with Gasteiger partial charge in [-0.15, -0.1) is 0 Å². The van der Waals surface area contributed by atoms with Crippen LogP contribution in [0.25, 0.3) is 10.9 Å². The SMILES string of the molecule is Cn1nc(CC(=O)CC2COCCN2)c2ccccc21. The molecule has 0 saturated carbocycles. The number of ketones is 1. The summed E-state index contributed by atoms with van der Waals surface area (Å²) in [7, 11) is 1.91. The number of aryl methyl sites for hydroxylation is 1. The van der Waals surface area contributed by atoms with E-state index < -0.39 is 0 Å². The fourth-order valence-corrected chi connectivity index (χ4v) is 2.70. The van der Waals surface area contributed by atoms with Crippen molar-refractivity contribution in [2.75, 3.05) is 19.8 Å². The summed E-state index contributed by atoms with van der Waals surface area (Å²) in [4.78, 5) is 12.2. The van der Waals surface area contributed by atoms with Crippen LogP contribution in [0.4, 0.5) is 0 Å². The van der Waals surface area contributed by atoms with Crippen LogP contribution in [0.3, 0.4) is 0 Å². The molecule has 1 aliphatic heterocycles. The second-order valence-corrected chi connectivity index (χ2v) is 5.23. The highest BCUT2D eigenvalue weighted by atomic mass is 16.5. The first kappa shape index (κ1) is 13.3. The largest absolute Gasteiger partial charge is 0.379 e. The Labute approximate surface area is 117 Å². The van der Waals surface area contributed by atoms with E-state index in [4.69, 9.17) is 4.74 Å². The summed E-state index contributed by atoms with van der Waals surface area (Å²) in [5.74, 6) is 0.205. The van der Waals surface area contributed by atoms with Crippen molar-refractivity contribution in [1.29, 1.82) is 0 Å². The summed E-state index contributed by atoms with van der Waals surface area (Å²) in [5, 5.41) is 8.84. The normalized spacial score (nSPS) is 19.4. The zero-order valence-corrected chi connectivity index (χ0v) is 11.6. The van der Waals surface area contributed by atoms with Crippen molar-refractivity contribution in [2.45, 2.75) is 18.9 Å². The molecule has 1 unspecified atom stereocenters. The number of aromatic nitrogens is 2. The molecule has 5 heteroatoms. The topological polar surface area (TPSA) is 56.2 Å². The Kier molecular flexibility index (Phi) is 3.80. The van der Waals surface area contributed by atoms with Crippen LogP contribution in [-0.2, 0) is 23.0 Å². The van der Waals surface area contributed by atoms with E-state index in [2.05, 4.69) is 10.4 Å². The van der Waals surface area contributed by atoms with Gasteiger partial charge < -0.3 is 10.1 Å². The minimum Gasteiger partial charge on any atom is -0.379 e. The van der Waals surface area contributed by atoms with Gasteiger partial charge >= 0.3 is 0 Å². The highest BCUT2D eigenvalue weighted by Crippen LogP contribution is 2.18. The Bertz CT molecular complexity index is 615. The van der Waals surface area contributed by atoms with Gasteiger partial charge in [-0.05, 0) is 6.07 Å². The maximum absolute atomic E-state index is 12.2. The fourth-order valence-electron chi connectivity index (χ4n) is 2.70. The molecule has 1 atom stereocenters. The lowest BCUT2D eigenvalue weighted by Crippen LogP contribution is -2.42. The van der Waals surface area contributed by atoms with Gasteiger partial charge in [0.2, 0.25) is 0 Å². The van der Waals surface area contributed by atoms with E-state index in [1.54, 1.807) is 0 Å². The van der Waals surface area contributed by atoms with Crippen molar-refractivity contribution in [3.05, 3.63) is 30.0 Å². The lowest BCUT2D eigenvalue weighted by Gasteiger charge is -2.22. The van der Waals surface area contributed by atoms with E-state index in [1.807, 2.05) is 36.0 Å². The monoisotopic (exact) mass is 273 g/mol. The molecule has 3 rings (SSSR count). The summed E-state index contributed by atoms with van der Waals surface area (Å²) >= 11 is 0. The smallest absolute Gasteiger partial charge is 0.140 e. The van der Waals surface area contributed by atoms with Crippen molar-refractivity contribution in [3.63, 3.8) is 0 Å². The molecular formula is C15H19N3O2. The van der Waals surface area contributed by atoms with Gasteiger partial charge in [0.25, 0.3) is 0 Å². The van der Waals surface area contributed by atoms with Crippen LogP contribution in [0, 0.1) is 0 Å². The van der Waals surface area contributed by atoms with Crippen LogP contribution in [0.1, 0.15) is 12.1 Å². The van der Waals surface area contributed by atoms with Gasteiger partial charge in [-0.3, -0.25) is 9.48 Å². The molecule has 106 valence electrons. The van der Waals surface area contributed by atoms with Crippen LogP contribution in [0.15, 0.2) is 24.3 Å². The van der Waals surface area contributed by atoms with Gasteiger partial charge in [0.05, 0.1) is 30.8 Å². The Morgan fingerprint density at radius 1 is 1.50 bits per heavy atom. The van der Waals surface area contributed by atoms with Crippen molar-refractivity contribution in [2.24, 2.45) is 7.05 Å². The molecule has 0 radical (unpaired) electrons. The molecule has 5 nitrogen and oxygen atoms in total. The molecule has 1 fully saturated rings. The molecular weight excluding hydrogens is 254 g/mol. The average molecular weight is 273 g/mol. The van der Waals surface area contributed by atoms with Gasteiger partial charge in [-0.1, -0.05) is 18.2 Å². The second-order valence-electron chi connectivity index (χ2n) is 5.23. The van der Waals surface area contributed by atoms with Crippen molar-refractivity contribution in [3.8, 4) is 0 Å². The highest BCUT2D eigenvalue weighted by molar-refractivity contribution is 5.88. The zero-order valence-electron chi connectivity index (χ0n) is 11.6. The van der Waals surface area contributed by atoms with E-state index in [-0.39, 0.29) is 11.8 Å². The van der Waals surface area contributed by atoms with E-state index in [0.29, 0.717) is 19.4 Å². The molecule has 1 aliphatic rings. The lowest BCUT2D eigenvalue weighted by molar-refractivity contribution is -0.119. The second kappa shape index (κ2) is 5.73.